The van der Waals surface area contributed by atoms with E-state index in [-0.39, 0.29) is 17.9 Å². The summed E-state index contributed by atoms with van der Waals surface area (Å²) in [4.78, 5) is 15.3. The monoisotopic (exact) mass is 292 g/mol. The summed E-state index contributed by atoms with van der Waals surface area (Å²) < 4.78 is 1.14. The van der Waals surface area contributed by atoms with Gasteiger partial charge in [0.25, 0.3) is 0 Å². The van der Waals surface area contributed by atoms with Crippen LogP contribution >= 0.6 is 11.3 Å². The van der Waals surface area contributed by atoms with Crippen LogP contribution in [-0.4, -0.2) is 16.1 Å². The molecule has 108 valence electrons. The van der Waals surface area contributed by atoms with E-state index < -0.39 is 5.97 Å². The number of carboxylic acid groups (broad SMARTS) is 1. The average molecular weight is 292 g/mol. The maximum absolute atomic E-state index is 10.6. The van der Waals surface area contributed by atoms with Crippen molar-refractivity contribution in [1.29, 1.82) is 0 Å². The Bertz CT molecular complexity index is 628. The number of hydrogen-bond donors (Lipinski definition) is 2. The Balaban J connectivity index is 2.27. The molecule has 0 aliphatic rings. The van der Waals surface area contributed by atoms with Gasteiger partial charge in [0.2, 0.25) is 0 Å². The lowest BCUT2D eigenvalue weighted by Gasteiger charge is -2.13. The molecule has 0 aliphatic carbocycles. The van der Waals surface area contributed by atoms with Gasteiger partial charge in [0.05, 0.1) is 15.2 Å². The number of benzene rings is 1. The first-order valence-corrected chi connectivity index (χ1v) is 7.47. The highest BCUT2D eigenvalue weighted by atomic mass is 32.1. The summed E-state index contributed by atoms with van der Waals surface area (Å²) in [5.41, 5.74) is 7.97. The summed E-state index contributed by atoms with van der Waals surface area (Å²) in [7, 11) is 0. The van der Waals surface area contributed by atoms with E-state index in [0.717, 1.165) is 20.8 Å². The fourth-order valence-corrected chi connectivity index (χ4v) is 2.95. The van der Waals surface area contributed by atoms with Crippen molar-refractivity contribution in [3.8, 4) is 0 Å². The minimum atomic E-state index is -0.815. The number of thiazole rings is 1. The van der Waals surface area contributed by atoms with Crippen molar-refractivity contribution in [3.05, 3.63) is 28.8 Å². The van der Waals surface area contributed by atoms with Crippen molar-refractivity contribution < 1.29 is 9.90 Å². The third-order valence-electron chi connectivity index (χ3n) is 3.15. The Morgan fingerprint density at radius 1 is 1.45 bits per heavy atom. The van der Waals surface area contributed by atoms with E-state index in [2.05, 4.69) is 25.8 Å². The van der Waals surface area contributed by atoms with E-state index in [0.29, 0.717) is 6.42 Å². The highest BCUT2D eigenvalue weighted by Crippen LogP contribution is 2.32. The molecule has 1 unspecified atom stereocenters. The molecule has 1 aromatic heterocycles. The zero-order valence-corrected chi connectivity index (χ0v) is 12.8. The highest BCUT2D eigenvalue weighted by Gasteiger charge is 2.19. The number of aromatic nitrogens is 1. The number of carboxylic acids is 1. The second-order valence-corrected chi connectivity index (χ2v) is 7.07. The molecule has 0 aliphatic heterocycles. The second kappa shape index (κ2) is 5.50. The molecule has 0 bridgehead atoms. The van der Waals surface area contributed by atoms with Crippen LogP contribution in [0.15, 0.2) is 18.2 Å². The predicted molar refractivity (Wildman–Crippen MR) is 82.1 cm³/mol. The number of nitrogens with two attached hydrogens (primary N) is 1. The van der Waals surface area contributed by atoms with Crippen molar-refractivity contribution in [3.63, 3.8) is 0 Å². The summed E-state index contributed by atoms with van der Waals surface area (Å²) in [5.74, 6) is -0.815. The second-order valence-electron chi connectivity index (χ2n) is 6.04. The molecule has 0 saturated carbocycles. The van der Waals surface area contributed by atoms with Crippen molar-refractivity contribution in [2.45, 2.75) is 45.1 Å². The van der Waals surface area contributed by atoms with E-state index in [1.807, 2.05) is 18.2 Å². The van der Waals surface area contributed by atoms with E-state index in [1.165, 1.54) is 0 Å². The van der Waals surface area contributed by atoms with Crippen molar-refractivity contribution in [1.82, 2.24) is 4.98 Å². The van der Waals surface area contributed by atoms with Gasteiger partial charge in [-0.3, -0.25) is 4.79 Å². The maximum Gasteiger partial charge on any atom is 0.303 e. The van der Waals surface area contributed by atoms with E-state index in [9.17, 15) is 4.79 Å². The Morgan fingerprint density at radius 2 is 2.15 bits per heavy atom. The largest absolute Gasteiger partial charge is 0.481 e. The summed E-state index contributed by atoms with van der Waals surface area (Å²) >= 11 is 1.70. The molecule has 0 fully saturated rings. The number of rotatable bonds is 4. The molecule has 0 spiro atoms. The van der Waals surface area contributed by atoms with Crippen LogP contribution in [0.2, 0.25) is 0 Å². The van der Waals surface area contributed by atoms with Crippen molar-refractivity contribution in [2.75, 3.05) is 0 Å². The normalized spacial score (nSPS) is 13.6. The quantitative estimate of drug-likeness (QED) is 0.904. The standard InChI is InChI=1S/C15H20N2O2S/c1-15(2,3)14-17-11-8-9(4-6-12(11)20-14)10(16)5-7-13(18)19/h4,6,8,10H,5,7,16H2,1-3H3,(H,18,19). The van der Waals surface area contributed by atoms with Gasteiger partial charge in [-0.2, -0.15) is 0 Å². The molecule has 1 heterocycles. The predicted octanol–water partition coefficient (Wildman–Crippen LogP) is 3.46. The molecule has 1 aromatic carbocycles. The molecule has 0 amide bonds. The Labute approximate surface area is 122 Å². The number of aliphatic carboxylic acids is 1. The van der Waals surface area contributed by atoms with E-state index >= 15 is 0 Å². The number of fused-ring (bicyclic) bond motifs is 1. The van der Waals surface area contributed by atoms with Crippen LogP contribution in [0.5, 0.6) is 0 Å². The van der Waals surface area contributed by atoms with Gasteiger partial charge in [-0.05, 0) is 24.1 Å². The Kier molecular flexibility index (Phi) is 4.11. The fraction of sp³-hybridized carbons (Fsp3) is 0.467. The van der Waals surface area contributed by atoms with Crippen molar-refractivity contribution in [2.24, 2.45) is 5.73 Å². The first-order chi connectivity index (χ1) is 9.27. The molecule has 0 saturated heterocycles. The molecule has 20 heavy (non-hydrogen) atoms. The molecule has 4 nitrogen and oxygen atoms in total. The first-order valence-electron chi connectivity index (χ1n) is 6.66. The van der Waals surface area contributed by atoms with Gasteiger partial charge in [-0.15, -0.1) is 11.3 Å². The van der Waals surface area contributed by atoms with Crippen LogP contribution in [-0.2, 0) is 10.2 Å². The van der Waals surface area contributed by atoms with Gasteiger partial charge in [0.1, 0.15) is 0 Å². The van der Waals surface area contributed by atoms with Crippen LogP contribution in [0.1, 0.15) is 50.2 Å². The van der Waals surface area contributed by atoms with E-state index in [1.54, 1.807) is 11.3 Å². The Morgan fingerprint density at radius 3 is 2.75 bits per heavy atom. The van der Waals surface area contributed by atoms with E-state index in [4.69, 9.17) is 10.8 Å². The van der Waals surface area contributed by atoms with Gasteiger partial charge in [-0.25, -0.2) is 4.98 Å². The van der Waals surface area contributed by atoms with Crippen molar-refractivity contribution >= 4 is 27.5 Å². The summed E-state index contributed by atoms with van der Waals surface area (Å²) in [6.45, 7) is 6.43. The number of hydrogen-bond acceptors (Lipinski definition) is 4. The minimum Gasteiger partial charge on any atom is -0.481 e. The highest BCUT2D eigenvalue weighted by molar-refractivity contribution is 7.18. The third kappa shape index (κ3) is 3.35. The molecule has 0 radical (unpaired) electrons. The molecule has 1 atom stereocenters. The molecule has 2 rings (SSSR count). The molecule has 2 aromatic rings. The maximum atomic E-state index is 10.6. The molecule has 5 heteroatoms. The van der Waals surface area contributed by atoms with Crippen LogP contribution < -0.4 is 5.73 Å². The van der Waals surface area contributed by atoms with Gasteiger partial charge in [0, 0.05) is 17.9 Å². The summed E-state index contributed by atoms with van der Waals surface area (Å²) in [5, 5.41) is 9.81. The zero-order valence-electron chi connectivity index (χ0n) is 12.0. The minimum absolute atomic E-state index is 0.0370. The topological polar surface area (TPSA) is 76.2 Å². The third-order valence-corrected chi connectivity index (χ3v) is 4.61. The lowest BCUT2D eigenvalue weighted by Crippen LogP contribution is -2.12. The molecular weight excluding hydrogens is 272 g/mol. The Hall–Kier alpha value is -1.46. The zero-order chi connectivity index (χ0) is 14.9. The smallest absolute Gasteiger partial charge is 0.303 e. The first kappa shape index (κ1) is 14.9. The summed E-state index contributed by atoms with van der Waals surface area (Å²) in [6, 6.07) is 5.72. The molecular formula is C15H20N2O2S. The van der Waals surface area contributed by atoms with Gasteiger partial charge in [0.15, 0.2) is 0 Å². The number of carbonyl (C=O) groups is 1. The number of nitrogens with zero attached hydrogens (tertiary/aromatic N) is 1. The summed E-state index contributed by atoms with van der Waals surface area (Å²) in [6.07, 6.45) is 0.528. The van der Waals surface area contributed by atoms with Crippen LogP contribution in [0.25, 0.3) is 10.2 Å². The fourth-order valence-electron chi connectivity index (χ4n) is 1.94. The van der Waals surface area contributed by atoms with Crippen LogP contribution in [0.4, 0.5) is 0 Å². The lowest BCUT2D eigenvalue weighted by molar-refractivity contribution is -0.137. The van der Waals surface area contributed by atoms with Crippen LogP contribution in [0.3, 0.4) is 0 Å². The van der Waals surface area contributed by atoms with Gasteiger partial charge in [-0.1, -0.05) is 26.8 Å². The lowest BCUT2D eigenvalue weighted by atomic mass is 9.98. The van der Waals surface area contributed by atoms with Gasteiger partial charge < -0.3 is 10.8 Å². The molecule has 3 N–H and O–H groups in total. The SMILES string of the molecule is CC(C)(C)c1nc2cc(C(N)CCC(=O)O)ccc2s1. The average Bonchev–Trinajstić information content (AvgIpc) is 2.78. The van der Waals surface area contributed by atoms with Crippen LogP contribution in [0, 0.1) is 0 Å². The van der Waals surface area contributed by atoms with Gasteiger partial charge >= 0.3 is 5.97 Å².